The van der Waals surface area contributed by atoms with Crippen molar-refractivity contribution < 1.29 is 5.11 Å². The maximum atomic E-state index is 9.95. The summed E-state index contributed by atoms with van der Waals surface area (Å²) < 4.78 is 0. The second-order valence-electron chi connectivity index (χ2n) is 3.89. The molecule has 0 unspecified atom stereocenters. The second-order valence-corrected chi connectivity index (χ2v) is 3.89. The van der Waals surface area contributed by atoms with E-state index in [1.54, 1.807) is 0 Å². The lowest BCUT2D eigenvalue weighted by molar-refractivity contribution is 0.464. The van der Waals surface area contributed by atoms with Gasteiger partial charge in [0.1, 0.15) is 5.75 Å². The summed E-state index contributed by atoms with van der Waals surface area (Å²) >= 11 is 0. The molecule has 1 heteroatoms. The van der Waals surface area contributed by atoms with Crippen molar-refractivity contribution in [2.75, 3.05) is 0 Å². The van der Waals surface area contributed by atoms with Gasteiger partial charge in [-0.25, -0.2) is 0 Å². The zero-order chi connectivity index (χ0) is 10.9. The molecule has 0 fully saturated rings. The minimum Gasteiger partial charge on any atom is -0.507 e. The summed E-state index contributed by atoms with van der Waals surface area (Å²) in [5, 5.41) is 9.95. The molecule has 78 valence electrons. The van der Waals surface area contributed by atoms with E-state index in [4.69, 9.17) is 0 Å². The lowest BCUT2D eigenvalue weighted by atomic mass is 9.90. The van der Waals surface area contributed by atoms with Crippen LogP contribution in [0.3, 0.4) is 0 Å². The Morgan fingerprint density at radius 3 is 1.43 bits per heavy atom. The van der Waals surface area contributed by atoms with Gasteiger partial charge in [-0.2, -0.15) is 0 Å². The smallest absolute Gasteiger partial charge is 0.121 e. The van der Waals surface area contributed by atoms with Crippen molar-refractivity contribution in [3.05, 3.63) is 27.8 Å². The van der Waals surface area contributed by atoms with Gasteiger partial charge in [0.25, 0.3) is 0 Å². The third kappa shape index (κ3) is 1.52. The van der Waals surface area contributed by atoms with Gasteiger partial charge in [-0.15, -0.1) is 0 Å². The molecule has 0 aliphatic carbocycles. The summed E-state index contributed by atoms with van der Waals surface area (Å²) in [6, 6.07) is 0. The first-order chi connectivity index (χ1) is 6.54. The van der Waals surface area contributed by atoms with Crippen molar-refractivity contribution in [3.8, 4) is 5.75 Å². The first kappa shape index (κ1) is 11.1. The average Bonchev–Trinajstić information content (AvgIpc) is 2.16. The van der Waals surface area contributed by atoms with Crippen molar-refractivity contribution in [1.82, 2.24) is 0 Å². The van der Waals surface area contributed by atoms with Gasteiger partial charge in [-0.1, -0.05) is 13.8 Å². The SMILES string of the molecule is CCc1c(C)c(O)c(C)c(CC)c1C. The number of benzene rings is 1. The molecule has 0 bridgehead atoms. The second kappa shape index (κ2) is 4.04. The Morgan fingerprint density at radius 1 is 0.786 bits per heavy atom. The van der Waals surface area contributed by atoms with Crippen molar-refractivity contribution in [2.45, 2.75) is 47.5 Å². The predicted octanol–water partition coefficient (Wildman–Crippen LogP) is 3.44. The molecule has 14 heavy (non-hydrogen) atoms. The normalized spacial score (nSPS) is 10.6. The van der Waals surface area contributed by atoms with Gasteiger partial charge < -0.3 is 5.11 Å². The van der Waals surface area contributed by atoms with E-state index in [0.29, 0.717) is 5.75 Å². The van der Waals surface area contributed by atoms with E-state index in [0.717, 1.165) is 24.0 Å². The quantitative estimate of drug-likeness (QED) is 0.761. The van der Waals surface area contributed by atoms with Crippen molar-refractivity contribution >= 4 is 0 Å². The lowest BCUT2D eigenvalue weighted by Gasteiger charge is -2.17. The van der Waals surface area contributed by atoms with Gasteiger partial charge >= 0.3 is 0 Å². The predicted molar refractivity (Wildman–Crippen MR) is 61.1 cm³/mol. The zero-order valence-electron chi connectivity index (χ0n) is 9.86. The summed E-state index contributed by atoms with van der Waals surface area (Å²) in [7, 11) is 0. The van der Waals surface area contributed by atoms with Crippen LogP contribution in [0.1, 0.15) is 41.7 Å². The van der Waals surface area contributed by atoms with Crippen molar-refractivity contribution in [1.29, 1.82) is 0 Å². The van der Waals surface area contributed by atoms with Crippen LogP contribution in [0.15, 0.2) is 0 Å². The monoisotopic (exact) mass is 192 g/mol. The molecule has 1 rings (SSSR count). The van der Waals surface area contributed by atoms with E-state index in [1.807, 2.05) is 13.8 Å². The number of phenols is 1. The Balaban J connectivity index is 3.56. The van der Waals surface area contributed by atoms with Crippen LogP contribution in [0.4, 0.5) is 0 Å². The fourth-order valence-electron chi connectivity index (χ4n) is 2.37. The molecule has 0 saturated heterocycles. The molecule has 0 aliphatic rings. The minimum absolute atomic E-state index is 0.490. The summed E-state index contributed by atoms with van der Waals surface area (Å²) in [6.07, 6.45) is 2.00. The summed E-state index contributed by atoms with van der Waals surface area (Å²) in [4.78, 5) is 0. The number of hydrogen-bond donors (Lipinski definition) is 1. The molecule has 0 aromatic heterocycles. The maximum absolute atomic E-state index is 9.95. The van der Waals surface area contributed by atoms with Crippen molar-refractivity contribution in [2.24, 2.45) is 0 Å². The molecular weight excluding hydrogens is 172 g/mol. The van der Waals surface area contributed by atoms with Crippen molar-refractivity contribution in [3.63, 3.8) is 0 Å². The molecule has 1 aromatic carbocycles. The van der Waals surface area contributed by atoms with Gasteiger partial charge in [0.2, 0.25) is 0 Å². The van der Waals surface area contributed by atoms with Crippen LogP contribution in [0, 0.1) is 20.8 Å². The number of rotatable bonds is 2. The summed E-state index contributed by atoms with van der Waals surface area (Å²) in [5.41, 5.74) is 6.09. The zero-order valence-corrected chi connectivity index (χ0v) is 9.86. The highest BCUT2D eigenvalue weighted by Gasteiger charge is 2.13. The molecule has 1 nitrogen and oxygen atoms in total. The highest BCUT2D eigenvalue weighted by atomic mass is 16.3. The fraction of sp³-hybridized carbons (Fsp3) is 0.538. The molecule has 1 aromatic rings. The highest BCUT2D eigenvalue weighted by Crippen LogP contribution is 2.32. The molecule has 0 amide bonds. The van der Waals surface area contributed by atoms with Crippen LogP contribution in [-0.4, -0.2) is 5.11 Å². The van der Waals surface area contributed by atoms with Crippen LogP contribution in [0.2, 0.25) is 0 Å². The molecule has 0 aliphatic heterocycles. The van der Waals surface area contributed by atoms with E-state index in [-0.39, 0.29) is 0 Å². The van der Waals surface area contributed by atoms with Gasteiger partial charge in [0.15, 0.2) is 0 Å². The Bertz CT molecular complexity index is 320. The minimum atomic E-state index is 0.490. The molecular formula is C13H20O. The van der Waals surface area contributed by atoms with Gasteiger partial charge in [-0.3, -0.25) is 0 Å². The molecule has 0 heterocycles. The molecule has 0 radical (unpaired) electrons. The lowest BCUT2D eigenvalue weighted by Crippen LogP contribution is -2.01. The largest absolute Gasteiger partial charge is 0.507 e. The molecule has 0 atom stereocenters. The van der Waals surface area contributed by atoms with Crippen LogP contribution >= 0.6 is 0 Å². The highest BCUT2D eigenvalue weighted by molar-refractivity contribution is 5.53. The molecule has 0 spiro atoms. The van der Waals surface area contributed by atoms with E-state index in [1.165, 1.54) is 16.7 Å². The summed E-state index contributed by atoms with van der Waals surface area (Å²) in [5.74, 6) is 0.490. The number of phenolic OH excluding ortho intramolecular Hbond substituents is 1. The van der Waals surface area contributed by atoms with Crippen LogP contribution in [0.5, 0.6) is 5.75 Å². The number of hydrogen-bond acceptors (Lipinski definition) is 1. The third-order valence-electron chi connectivity index (χ3n) is 3.23. The number of aromatic hydroxyl groups is 1. The average molecular weight is 192 g/mol. The van der Waals surface area contributed by atoms with Crippen LogP contribution < -0.4 is 0 Å². The van der Waals surface area contributed by atoms with Gasteiger partial charge in [0.05, 0.1) is 0 Å². The Kier molecular flexibility index (Phi) is 3.20. The maximum Gasteiger partial charge on any atom is 0.121 e. The Hall–Kier alpha value is -0.980. The van der Waals surface area contributed by atoms with E-state index < -0.39 is 0 Å². The Labute approximate surface area is 86.8 Å². The van der Waals surface area contributed by atoms with E-state index >= 15 is 0 Å². The van der Waals surface area contributed by atoms with E-state index in [9.17, 15) is 5.11 Å². The standard InChI is InChI=1S/C13H20O/c1-6-11-8(3)12(7-2)10(5)13(14)9(11)4/h14H,6-7H2,1-5H3. The fourth-order valence-corrected chi connectivity index (χ4v) is 2.37. The molecule has 1 N–H and O–H groups in total. The molecule has 0 saturated carbocycles. The van der Waals surface area contributed by atoms with Crippen LogP contribution in [0.25, 0.3) is 0 Å². The first-order valence-electron chi connectivity index (χ1n) is 5.34. The van der Waals surface area contributed by atoms with Crippen LogP contribution in [-0.2, 0) is 12.8 Å². The van der Waals surface area contributed by atoms with E-state index in [2.05, 4.69) is 20.8 Å². The van der Waals surface area contributed by atoms with Gasteiger partial charge in [-0.05, 0) is 61.4 Å². The Morgan fingerprint density at radius 2 is 1.14 bits per heavy atom. The first-order valence-corrected chi connectivity index (χ1v) is 5.34. The topological polar surface area (TPSA) is 20.2 Å². The third-order valence-corrected chi connectivity index (χ3v) is 3.23. The summed E-state index contributed by atoms with van der Waals surface area (Å²) in [6.45, 7) is 10.5. The van der Waals surface area contributed by atoms with Gasteiger partial charge in [0, 0.05) is 0 Å².